The summed E-state index contributed by atoms with van der Waals surface area (Å²) in [7, 11) is 0. The van der Waals surface area contributed by atoms with Crippen LogP contribution < -0.4 is 4.74 Å². The van der Waals surface area contributed by atoms with Gasteiger partial charge in [-0.1, -0.05) is 13.3 Å². The van der Waals surface area contributed by atoms with Crippen LogP contribution in [0.25, 0.3) is 10.9 Å². The number of unbranched alkanes of at least 4 members (excludes halogenated alkanes) is 1. The van der Waals surface area contributed by atoms with Crippen molar-refractivity contribution in [3.63, 3.8) is 0 Å². The number of benzene rings is 2. The van der Waals surface area contributed by atoms with Gasteiger partial charge >= 0.3 is 0 Å². The van der Waals surface area contributed by atoms with Gasteiger partial charge in [-0.3, -0.25) is 9.80 Å². The fourth-order valence-electron chi connectivity index (χ4n) is 5.77. The van der Waals surface area contributed by atoms with E-state index in [4.69, 9.17) is 4.74 Å². The lowest BCUT2D eigenvalue weighted by atomic mass is 9.87. The van der Waals surface area contributed by atoms with Crippen molar-refractivity contribution in [2.45, 2.75) is 70.8 Å². The van der Waals surface area contributed by atoms with Crippen molar-refractivity contribution in [2.24, 2.45) is 0 Å². The summed E-state index contributed by atoms with van der Waals surface area (Å²) < 4.78 is 66.2. The summed E-state index contributed by atoms with van der Waals surface area (Å²) in [5.74, 6) is -1.73. The van der Waals surface area contributed by atoms with Gasteiger partial charge < -0.3 is 9.72 Å². The molecule has 2 aromatic carbocycles. The molecule has 200 valence electrons. The molecule has 0 spiro atoms. The third-order valence-electron chi connectivity index (χ3n) is 7.51. The summed E-state index contributed by atoms with van der Waals surface area (Å²) in [6.45, 7) is 9.43. The summed E-state index contributed by atoms with van der Waals surface area (Å²) in [6, 6.07) is 5.81. The fraction of sp³-hybridized carbons (Fsp3) is 0.517. The zero-order chi connectivity index (χ0) is 26.5. The van der Waals surface area contributed by atoms with Crippen LogP contribution >= 0.6 is 0 Å². The van der Waals surface area contributed by atoms with Gasteiger partial charge in [0.1, 0.15) is 35.0 Å². The first-order chi connectivity index (χ1) is 17.5. The Kier molecular flexibility index (Phi) is 7.00. The van der Waals surface area contributed by atoms with E-state index in [1.54, 1.807) is 11.0 Å². The molecule has 4 nitrogen and oxygen atoms in total. The number of hydrogen-bond donors (Lipinski definition) is 1. The average molecular weight is 518 g/mol. The summed E-state index contributed by atoms with van der Waals surface area (Å²) in [6.07, 6.45) is 2.67. The first-order valence-electron chi connectivity index (χ1n) is 13.2. The number of aromatic nitrogens is 1. The molecule has 0 radical (unpaired) electrons. The maximum absolute atomic E-state index is 15.7. The largest absolute Gasteiger partial charge is 0.488 e. The second-order valence-electron chi connectivity index (χ2n) is 11.2. The molecule has 3 heterocycles. The molecular weight excluding hydrogens is 482 g/mol. The van der Waals surface area contributed by atoms with E-state index in [1.165, 1.54) is 38.1 Å². The van der Waals surface area contributed by atoms with Crippen LogP contribution in [0.4, 0.5) is 17.6 Å². The fourth-order valence-corrected chi connectivity index (χ4v) is 5.77. The van der Waals surface area contributed by atoms with Gasteiger partial charge in [0, 0.05) is 60.0 Å². The van der Waals surface area contributed by atoms with Crippen LogP contribution in [0.15, 0.2) is 30.3 Å². The Labute approximate surface area is 215 Å². The van der Waals surface area contributed by atoms with Crippen molar-refractivity contribution in [1.82, 2.24) is 14.8 Å². The minimum atomic E-state index is -1.59. The Bertz CT molecular complexity index is 1260. The molecular formula is C29H35F4N3O. The molecule has 1 saturated heterocycles. The maximum Gasteiger partial charge on any atom is 0.135 e. The summed E-state index contributed by atoms with van der Waals surface area (Å²) in [5.41, 5.74) is 0.254. The number of ether oxygens (including phenoxy) is 1. The first-order valence-corrected chi connectivity index (χ1v) is 13.2. The van der Waals surface area contributed by atoms with Gasteiger partial charge in [0.05, 0.1) is 6.04 Å². The SMILES string of the molecule is CCCCN1CC(Oc2cc(F)c([C@H]3c4[nH]c5cc(F)ccc5c4C[C@H](C)N3CC(C)(C)F)c(F)c2)C1. The van der Waals surface area contributed by atoms with Crippen LogP contribution in [0.3, 0.4) is 0 Å². The molecule has 3 aromatic rings. The number of nitrogens with one attached hydrogen (secondary N) is 1. The van der Waals surface area contributed by atoms with Crippen molar-refractivity contribution < 1.29 is 22.3 Å². The monoisotopic (exact) mass is 517 g/mol. The quantitative estimate of drug-likeness (QED) is 0.345. The number of likely N-dealkylation sites (tertiary alicyclic amines) is 1. The van der Waals surface area contributed by atoms with Gasteiger partial charge in [-0.15, -0.1) is 0 Å². The van der Waals surface area contributed by atoms with Gasteiger partial charge in [-0.05, 0) is 63.9 Å². The minimum Gasteiger partial charge on any atom is -0.488 e. The van der Waals surface area contributed by atoms with Crippen molar-refractivity contribution in [3.05, 3.63) is 64.6 Å². The Morgan fingerprint density at radius 3 is 2.43 bits per heavy atom. The number of H-pyrrole nitrogens is 1. The molecule has 2 atom stereocenters. The highest BCUT2D eigenvalue weighted by molar-refractivity contribution is 5.85. The van der Waals surface area contributed by atoms with Crippen molar-refractivity contribution >= 4 is 10.9 Å². The number of fused-ring (bicyclic) bond motifs is 3. The van der Waals surface area contributed by atoms with Gasteiger partial charge in [0.25, 0.3) is 0 Å². The molecule has 0 bridgehead atoms. The zero-order valence-electron chi connectivity index (χ0n) is 21.9. The highest BCUT2D eigenvalue weighted by atomic mass is 19.1. The minimum absolute atomic E-state index is 0.0190. The third kappa shape index (κ3) is 5.23. The van der Waals surface area contributed by atoms with E-state index in [0.717, 1.165) is 43.4 Å². The molecule has 1 N–H and O–H groups in total. The molecule has 1 fully saturated rings. The zero-order valence-corrected chi connectivity index (χ0v) is 21.9. The van der Waals surface area contributed by atoms with Crippen molar-refractivity contribution in [2.75, 3.05) is 26.2 Å². The highest BCUT2D eigenvalue weighted by Crippen LogP contribution is 2.44. The van der Waals surface area contributed by atoms with E-state index in [2.05, 4.69) is 16.8 Å². The Morgan fingerprint density at radius 2 is 1.78 bits per heavy atom. The third-order valence-corrected chi connectivity index (χ3v) is 7.51. The smallest absolute Gasteiger partial charge is 0.135 e. The standard InChI is InChI=1S/C29H35F4N3O/c1-5-6-9-35-14-20(15-35)37-19-12-23(31)26(24(32)13-19)28-27-22(10-17(2)36(28)16-29(3,4)33)21-8-7-18(30)11-25(21)34-27/h7-8,11-13,17,20,28,34H,5-6,9-10,14-16H2,1-4H3/t17-,28-/m0/s1. The van der Waals surface area contributed by atoms with Crippen LogP contribution in [0, 0.1) is 17.5 Å². The molecule has 37 heavy (non-hydrogen) atoms. The lowest BCUT2D eigenvalue weighted by Gasteiger charge is -2.43. The number of rotatable bonds is 8. The molecule has 2 aliphatic heterocycles. The molecule has 1 aromatic heterocycles. The highest BCUT2D eigenvalue weighted by Gasteiger charge is 2.41. The van der Waals surface area contributed by atoms with Crippen LogP contribution in [-0.4, -0.2) is 58.8 Å². The van der Waals surface area contributed by atoms with E-state index >= 15 is 8.78 Å². The van der Waals surface area contributed by atoms with Gasteiger partial charge in [0.15, 0.2) is 0 Å². The second-order valence-corrected chi connectivity index (χ2v) is 11.2. The van der Waals surface area contributed by atoms with Crippen molar-refractivity contribution in [3.8, 4) is 5.75 Å². The summed E-state index contributed by atoms with van der Waals surface area (Å²) in [5, 5.41) is 0.811. The molecule has 0 saturated carbocycles. The lowest BCUT2D eigenvalue weighted by Crippen LogP contribution is -2.53. The molecule has 5 rings (SSSR count). The average Bonchev–Trinajstić information content (AvgIpc) is 3.12. The van der Waals surface area contributed by atoms with E-state index in [1.807, 2.05) is 6.92 Å². The topological polar surface area (TPSA) is 31.5 Å². The van der Waals surface area contributed by atoms with Crippen LogP contribution in [-0.2, 0) is 6.42 Å². The van der Waals surface area contributed by atoms with Gasteiger partial charge in [-0.2, -0.15) is 0 Å². The Balaban J connectivity index is 1.51. The van der Waals surface area contributed by atoms with Gasteiger partial charge in [0.2, 0.25) is 0 Å². The van der Waals surface area contributed by atoms with E-state index in [0.29, 0.717) is 17.6 Å². The van der Waals surface area contributed by atoms with E-state index in [-0.39, 0.29) is 30.0 Å². The van der Waals surface area contributed by atoms with Crippen molar-refractivity contribution in [1.29, 1.82) is 0 Å². The summed E-state index contributed by atoms with van der Waals surface area (Å²) in [4.78, 5) is 7.27. The molecule has 2 aliphatic rings. The van der Waals surface area contributed by atoms with E-state index in [9.17, 15) is 8.78 Å². The summed E-state index contributed by atoms with van der Waals surface area (Å²) >= 11 is 0. The maximum atomic E-state index is 15.7. The number of halogens is 4. The normalized spacial score (nSPS) is 21.3. The second kappa shape index (κ2) is 9.95. The first kappa shape index (κ1) is 26.0. The molecule has 0 amide bonds. The predicted molar refractivity (Wildman–Crippen MR) is 137 cm³/mol. The number of alkyl halides is 1. The molecule has 8 heteroatoms. The van der Waals surface area contributed by atoms with E-state index < -0.39 is 29.2 Å². The molecule has 0 aliphatic carbocycles. The number of nitrogens with zero attached hydrogens (tertiary/aromatic N) is 2. The number of hydrogen-bond acceptors (Lipinski definition) is 3. The van der Waals surface area contributed by atoms with Crippen LogP contribution in [0.1, 0.15) is 63.4 Å². The Hall–Kier alpha value is -2.58. The lowest BCUT2D eigenvalue weighted by molar-refractivity contribution is 0.0188. The Morgan fingerprint density at radius 1 is 1.08 bits per heavy atom. The van der Waals surface area contributed by atoms with Crippen LogP contribution in [0.2, 0.25) is 0 Å². The number of aromatic amines is 1. The van der Waals surface area contributed by atoms with Gasteiger partial charge in [-0.25, -0.2) is 17.6 Å². The molecule has 0 unspecified atom stereocenters. The van der Waals surface area contributed by atoms with Crippen LogP contribution in [0.5, 0.6) is 5.75 Å². The predicted octanol–water partition coefficient (Wildman–Crippen LogP) is 6.53.